The summed E-state index contributed by atoms with van der Waals surface area (Å²) in [5.74, 6) is -0.520. The van der Waals surface area contributed by atoms with Crippen molar-refractivity contribution < 1.29 is 14.7 Å². The topological polar surface area (TPSA) is 64.4 Å². The smallest absolute Gasteiger partial charge is 0.347 e. The van der Waals surface area contributed by atoms with Gasteiger partial charge in [-0.2, -0.15) is 4.73 Å². The summed E-state index contributed by atoms with van der Waals surface area (Å²) < 4.78 is 1.43. The van der Waals surface area contributed by atoms with E-state index in [1.54, 1.807) is 18.2 Å². The predicted molar refractivity (Wildman–Crippen MR) is 83.9 cm³/mol. The minimum atomic E-state index is -1.05. The van der Waals surface area contributed by atoms with Gasteiger partial charge in [-0.1, -0.05) is 41.9 Å². The molecular formula is C16H13ClN2O3. The molecule has 0 amide bonds. The van der Waals surface area contributed by atoms with Gasteiger partial charge in [0, 0.05) is 10.6 Å². The van der Waals surface area contributed by atoms with E-state index in [9.17, 15) is 4.79 Å². The summed E-state index contributed by atoms with van der Waals surface area (Å²) in [5, 5.41) is 9.61. The van der Waals surface area contributed by atoms with Crippen LogP contribution in [0.1, 0.15) is 6.92 Å². The number of carbonyl (C=O) groups is 1. The number of halogens is 1. The van der Waals surface area contributed by atoms with Gasteiger partial charge in [0.05, 0.1) is 5.52 Å². The number of imidazole rings is 1. The van der Waals surface area contributed by atoms with E-state index in [2.05, 4.69) is 4.98 Å². The van der Waals surface area contributed by atoms with Crippen molar-refractivity contribution in [2.45, 2.75) is 13.0 Å². The van der Waals surface area contributed by atoms with Gasteiger partial charge in [0.2, 0.25) is 6.10 Å². The number of nitrogens with zero attached hydrogens (tertiary/aromatic N) is 2. The van der Waals surface area contributed by atoms with E-state index in [1.165, 1.54) is 11.7 Å². The second kappa shape index (κ2) is 5.69. The molecule has 22 heavy (non-hydrogen) atoms. The van der Waals surface area contributed by atoms with Crippen LogP contribution in [0.3, 0.4) is 0 Å². The third kappa shape index (κ3) is 2.63. The van der Waals surface area contributed by atoms with Gasteiger partial charge in [-0.3, -0.25) is 0 Å². The lowest BCUT2D eigenvalue weighted by Gasteiger charge is -2.14. The van der Waals surface area contributed by atoms with E-state index in [0.29, 0.717) is 21.9 Å². The van der Waals surface area contributed by atoms with E-state index in [4.69, 9.17) is 21.5 Å². The summed E-state index contributed by atoms with van der Waals surface area (Å²) >= 11 is 6.03. The van der Waals surface area contributed by atoms with Crippen LogP contribution in [0.4, 0.5) is 0 Å². The zero-order valence-electron chi connectivity index (χ0n) is 11.7. The zero-order valence-corrected chi connectivity index (χ0v) is 12.5. The highest BCUT2D eigenvalue weighted by molar-refractivity contribution is 6.31. The van der Waals surface area contributed by atoms with Gasteiger partial charge in [0.25, 0.3) is 0 Å². The van der Waals surface area contributed by atoms with Crippen LogP contribution in [0.2, 0.25) is 5.02 Å². The van der Waals surface area contributed by atoms with Crippen LogP contribution in [0.5, 0.6) is 0 Å². The van der Waals surface area contributed by atoms with Crippen molar-refractivity contribution in [3.05, 3.63) is 53.6 Å². The number of fused-ring (bicyclic) bond motifs is 1. The number of carboxylic acid groups (broad SMARTS) is 1. The van der Waals surface area contributed by atoms with Gasteiger partial charge in [-0.05, 0) is 25.1 Å². The second-order valence-electron chi connectivity index (χ2n) is 4.81. The Hall–Kier alpha value is -2.53. The maximum Gasteiger partial charge on any atom is 0.347 e. The number of hydrogen-bond donors (Lipinski definition) is 1. The van der Waals surface area contributed by atoms with Crippen molar-refractivity contribution in [3.63, 3.8) is 0 Å². The van der Waals surface area contributed by atoms with Crippen molar-refractivity contribution in [1.29, 1.82) is 0 Å². The lowest BCUT2D eigenvalue weighted by Crippen LogP contribution is -2.30. The molecule has 0 saturated heterocycles. The lowest BCUT2D eigenvalue weighted by molar-refractivity contribution is -0.148. The summed E-state index contributed by atoms with van der Waals surface area (Å²) in [7, 11) is 0. The van der Waals surface area contributed by atoms with Crippen molar-refractivity contribution in [3.8, 4) is 11.4 Å². The number of benzene rings is 2. The molecule has 0 aliphatic heterocycles. The molecule has 0 unspecified atom stereocenters. The van der Waals surface area contributed by atoms with Gasteiger partial charge in [0.1, 0.15) is 5.52 Å². The summed E-state index contributed by atoms with van der Waals surface area (Å²) in [6.07, 6.45) is -1.01. The van der Waals surface area contributed by atoms with Crippen LogP contribution in [0, 0.1) is 0 Å². The molecule has 112 valence electrons. The highest BCUT2D eigenvalue weighted by Gasteiger charge is 2.19. The van der Waals surface area contributed by atoms with Gasteiger partial charge >= 0.3 is 5.97 Å². The van der Waals surface area contributed by atoms with Gasteiger partial charge < -0.3 is 9.94 Å². The minimum absolute atomic E-state index is 0.528. The second-order valence-corrected chi connectivity index (χ2v) is 5.25. The lowest BCUT2D eigenvalue weighted by atomic mass is 10.2. The Labute approximate surface area is 131 Å². The monoisotopic (exact) mass is 316 g/mol. The van der Waals surface area contributed by atoms with E-state index >= 15 is 0 Å². The first-order valence-corrected chi connectivity index (χ1v) is 7.07. The summed E-state index contributed by atoms with van der Waals surface area (Å²) in [5.41, 5.74) is 2.13. The first kappa shape index (κ1) is 14.4. The quantitative estimate of drug-likeness (QED) is 0.802. The fourth-order valence-electron chi connectivity index (χ4n) is 2.11. The largest absolute Gasteiger partial charge is 0.478 e. The molecule has 0 aliphatic rings. The number of rotatable bonds is 4. The Kier molecular flexibility index (Phi) is 3.73. The van der Waals surface area contributed by atoms with Crippen molar-refractivity contribution >= 4 is 28.6 Å². The minimum Gasteiger partial charge on any atom is -0.478 e. The number of carboxylic acids is 1. The predicted octanol–water partition coefficient (Wildman–Crippen LogP) is 3.26. The van der Waals surface area contributed by atoms with E-state index in [-0.39, 0.29) is 0 Å². The molecule has 0 saturated carbocycles. The molecule has 0 spiro atoms. The molecule has 1 aromatic heterocycles. The normalized spacial score (nSPS) is 12.3. The molecule has 2 aromatic carbocycles. The van der Waals surface area contributed by atoms with Crippen molar-refractivity contribution in [2.24, 2.45) is 0 Å². The fourth-order valence-corrected chi connectivity index (χ4v) is 2.27. The van der Waals surface area contributed by atoms with E-state index in [0.717, 1.165) is 5.56 Å². The first-order chi connectivity index (χ1) is 10.6. The van der Waals surface area contributed by atoms with Crippen LogP contribution in [-0.4, -0.2) is 26.9 Å². The van der Waals surface area contributed by atoms with Crippen LogP contribution in [-0.2, 0) is 4.79 Å². The Morgan fingerprint density at radius 2 is 2.00 bits per heavy atom. The Bertz CT molecular complexity index is 830. The number of aromatic nitrogens is 2. The summed E-state index contributed by atoms with van der Waals surface area (Å²) in [4.78, 5) is 21.2. The molecule has 0 fully saturated rings. The Morgan fingerprint density at radius 3 is 2.68 bits per heavy atom. The van der Waals surface area contributed by atoms with Gasteiger partial charge in [-0.25, -0.2) is 9.78 Å². The standard InChI is InChI=1S/C16H13ClN2O3/c1-10(16(20)21)22-19-14-9-12(17)7-8-13(14)18-15(19)11-5-3-2-4-6-11/h2-10H,1H3,(H,20,21)/t10-/m0/s1. The van der Waals surface area contributed by atoms with Gasteiger partial charge in [0.15, 0.2) is 5.82 Å². The number of aliphatic carboxylic acids is 1. The SMILES string of the molecule is C[C@H](On1c(-c2ccccc2)nc2ccc(Cl)cc21)C(=O)O. The van der Waals surface area contributed by atoms with Crippen molar-refractivity contribution in [2.75, 3.05) is 0 Å². The van der Waals surface area contributed by atoms with Crippen LogP contribution in [0.25, 0.3) is 22.4 Å². The van der Waals surface area contributed by atoms with Crippen LogP contribution < -0.4 is 4.84 Å². The molecular weight excluding hydrogens is 304 g/mol. The molecule has 1 heterocycles. The van der Waals surface area contributed by atoms with Crippen LogP contribution >= 0.6 is 11.6 Å². The third-order valence-electron chi connectivity index (χ3n) is 3.22. The summed E-state index contributed by atoms with van der Waals surface area (Å²) in [6, 6.07) is 14.6. The van der Waals surface area contributed by atoms with Crippen molar-refractivity contribution in [1.82, 2.24) is 9.71 Å². The zero-order chi connectivity index (χ0) is 15.7. The van der Waals surface area contributed by atoms with Crippen LogP contribution in [0.15, 0.2) is 48.5 Å². The Morgan fingerprint density at radius 1 is 1.27 bits per heavy atom. The average molecular weight is 317 g/mol. The average Bonchev–Trinajstić information content (AvgIpc) is 2.86. The van der Waals surface area contributed by atoms with Gasteiger partial charge in [-0.15, -0.1) is 0 Å². The molecule has 0 bridgehead atoms. The highest BCUT2D eigenvalue weighted by atomic mass is 35.5. The molecule has 0 radical (unpaired) electrons. The molecule has 6 heteroatoms. The molecule has 5 nitrogen and oxygen atoms in total. The maximum atomic E-state index is 11.1. The summed E-state index contributed by atoms with van der Waals surface area (Å²) in [6.45, 7) is 1.47. The maximum absolute atomic E-state index is 11.1. The third-order valence-corrected chi connectivity index (χ3v) is 3.45. The molecule has 3 aromatic rings. The molecule has 1 atom stereocenters. The van der Waals surface area contributed by atoms with E-state index in [1.807, 2.05) is 30.3 Å². The molecule has 1 N–H and O–H groups in total. The molecule has 3 rings (SSSR count). The molecule has 0 aliphatic carbocycles. The van der Waals surface area contributed by atoms with E-state index < -0.39 is 12.1 Å². The Balaban J connectivity index is 2.20. The first-order valence-electron chi connectivity index (χ1n) is 6.69. The fraction of sp³-hybridized carbons (Fsp3) is 0.125. The highest BCUT2D eigenvalue weighted by Crippen LogP contribution is 2.26. The number of hydrogen-bond acceptors (Lipinski definition) is 3.